The van der Waals surface area contributed by atoms with Crippen LogP contribution in [0.1, 0.15) is 33.6 Å². The number of carbonyl (C=O) groups excluding carboxylic acids is 1. The number of ether oxygens (including phenoxy) is 2. The van der Waals surface area contributed by atoms with Crippen molar-refractivity contribution in [3.8, 4) is 5.75 Å². The molecule has 0 aromatic heterocycles. The molecule has 0 spiro atoms. The fraction of sp³-hybridized carbons (Fsp3) is 0.588. The number of piperidine rings is 1. The lowest BCUT2D eigenvalue weighted by atomic mass is 9.98. The first-order chi connectivity index (χ1) is 11.3. The van der Waals surface area contributed by atoms with Gasteiger partial charge in [-0.1, -0.05) is 12.1 Å². The minimum Gasteiger partial charge on any atom is -0.487 e. The fourth-order valence-corrected chi connectivity index (χ4v) is 2.55. The van der Waals surface area contributed by atoms with Crippen molar-refractivity contribution in [3.63, 3.8) is 0 Å². The van der Waals surface area contributed by atoms with Gasteiger partial charge in [0.05, 0.1) is 11.5 Å². The normalized spacial score (nSPS) is 15.9. The van der Waals surface area contributed by atoms with Gasteiger partial charge in [-0.3, -0.25) is 10.1 Å². The van der Waals surface area contributed by atoms with E-state index in [-0.39, 0.29) is 23.4 Å². The van der Waals surface area contributed by atoms with Crippen LogP contribution >= 0.6 is 0 Å². The molecule has 0 N–H and O–H groups in total. The van der Waals surface area contributed by atoms with Crippen LogP contribution in [0.15, 0.2) is 24.3 Å². The van der Waals surface area contributed by atoms with Gasteiger partial charge in [0.1, 0.15) is 5.60 Å². The van der Waals surface area contributed by atoms with Crippen LogP contribution in [0.25, 0.3) is 0 Å². The molecule has 1 saturated heterocycles. The lowest BCUT2D eigenvalue weighted by Gasteiger charge is -2.33. The largest absolute Gasteiger partial charge is 0.487 e. The number of carbonyl (C=O) groups is 1. The summed E-state index contributed by atoms with van der Waals surface area (Å²) < 4.78 is 11.0. The molecule has 0 atom stereocenters. The molecule has 1 amide bonds. The molecule has 0 radical (unpaired) electrons. The standard InChI is InChI=1S/C17H24N2O5/c1-17(2,3)24-16(20)18-10-8-13(9-11-18)12-23-15-7-5-4-6-14(15)19(21)22/h4-7,13H,8-12H2,1-3H3. The maximum absolute atomic E-state index is 12.0. The molecule has 1 fully saturated rings. The SMILES string of the molecule is CC(C)(C)OC(=O)N1CCC(COc2ccccc2[N+](=O)[O-])CC1. The zero-order valence-electron chi connectivity index (χ0n) is 14.4. The first-order valence-corrected chi connectivity index (χ1v) is 8.10. The number of nitrogens with zero attached hydrogens (tertiary/aromatic N) is 2. The Kier molecular flexibility index (Phi) is 5.64. The predicted octanol–water partition coefficient (Wildman–Crippen LogP) is 3.62. The minimum atomic E-state index is -0.497. The van der Waals surface area contributed by atoms with Crippen molar-refractivity contribution in [3.05, 3.63) is 34.4 Å². The smallest absolute Gasteiger partial charge is 0.410 e. The molecule has 2 rings (SSSR count). The van der Waals surface area contributed by atoms with E-state index in [9.17, 15) is 14.9 Å². The van der Waals surface area contributed by atoms with E-state index in [1.807, 2.05) is 20.8 Å². The zero-order valence-corrected chi connectivity index (χ0v) is 14.4. The van der Waals surface area contributed by atoms with Crippen molar-refractivity contribution in [1.29, 1.82) is 0 Å². The molecule has 0 bridgehead atoms. The molecule has 0 saturated carbocycles. The van der Waals surface area contributed by atoms with E-state index >= 15 is 0 Å². The molecule has 0 unspecified atom stereocenters. The Balaban J connectivity index is 1.82. The number of rotatable bonds is 4. The van der Waals surface area contributed by atoms with Gasteiger partial charge >= 0.3 is 11.8 Å². The van der Waals surface area contributed by atoms with Crippen LogP contribution in [0.4, 0.5) is 10.5 Å². The van der Waals surface area contributed by atoms with Gasteiger partial charge in [0.2, 0.25) is 0 Å². The number of hydrogen-bond acceptors (Lipinski definition) is 5. The fourth-order valence-electron chi connectivity index (χ4n) is 2.55. The summed E-state index contributed by atoms with van der Waals surface area (Å²) in [5.74, 6) is 0.556. The first-order valence-electron chi connectivity index (χ1n) is 8.10. The second kappa shape index (κ2) is 7.51. The number of nitro groups is 1. The van der Waals surface area contributed by atoms with Crippen molar-refractivity contribution < 1.29 is 19.2 Å². The van der Waals surface area contributed by atoms with Gasteiger partial charge in [-0.25, -0.2) is 4.79 Å². The van der Waals surface area contributed by atoms with Gasteiger partial charge in [0, 0.05) is 19.2 Å². The highest BCUT2D eigenvalue weighted by Crippen LogP contribution is 2.27. The van der Waals surface area contributed by atoms with Gasteiger partial charge in [0.25, 0.3) is 0 Å². The maximum Gasteiger partial charge on any atom is 0.410 e. The van der Waals surface area contributed by atoms with Crippen LogP contribution in [-0.2, 0) is 4.74 Å². The Morgan fingerprint density at radius 2 is 1.92 bits per heavy atom. The van der Waals surface area contributed by atoms with E-state index in [0.29, 0.717) is 19.7 Å². The van der Waals surface area contributed by atoms with Gasteiger partial charge in [-0.15, -0.1) is 0 Å². The second-order valence-corrected chi connectivity index (χ2v) is 6.95. The summed E-state index contributed by atoms with van der Waals surface area (Å²) in [5.41, 5.74) is -0.521. The van der Waals surface area contributed by atoms with Crippen molar-refractivity contribution in [2.24, 2.45) is 5.92 Å². The van der Waals surface area contributed by atoms with Crippen LogP contribution in [0, 0.1) is 16.0 Å². The molecular weight excluding hydrogens is 312 g/mol. The topological polar surface area (TPSA) is 81.9 Å². The summed E-state index contributed by atoms with van der Waals surface area (Å²) in [6.45, 7) is 7.17. The van der Waals surface area contributed by atoms with Crippen LogP contribution in [0.3, 0.4) is 0 Å². The Morgan fingerprint density at radius 3 is 2.50 bits per heavy atom. The molecule has 1 aliphatic rings. The minimum absolute atomic E-state index is 0.0244. The Morgan fingerprint density at radius 1 is 1.29 bits per heavy atom. The van der Waals surface area contributed by atoms with E-state index in [0.717, 1.165) is 12.8 Å². The second-order valence-electron chi connectivity index (χ2n) is 6.95. The molecule has 0 aliphatic carbocycles. The third kappa shape index (κ3) is 5.11. The number of hydrogen-bond donors (Lipinski definition) is 0. The van der Waals surface area contributed by atoms with E-state index < -0.39 is 10.5 Å². The first kappa shape index (κ1) is 18.0. The van der Waals surface area contributed by atoms with Gasteiger partial charge in [-0.2, -0.15) is 0 Å². The van der Waals surface area contributed by atoms with Crippen molar-refractivity contribution >= 4 is 11.8 Å². The summed E-state index contributed by atoms with van der Waals surface area (Å²) in [5, 5.41) is 11.0. The molecule has 132 valence electrons. The average Bonchev–Trinajstić information content (AvgIpc) is 2.52. The van der Waals surface area contributed by atoms with Crippen LogP contribution in [0.5, 0.6) is 5.75 Å². The molecular formula is C17H24N2O5. The highest BCUT2D eigenvalue weighted by atomic mass is 16.6. The van der Waals surface area contributed by atoms with Crippen LogP contribution in [0.2, 0.25) is 0 Å². The molecule has 7 heteroatoms. The third-order valence-electron chi connectivity index (χ3n) is 3.80. The Hall–Kier alpha value is -2.31. The summed E-state index contributed by atoms with van der Waals surface area (Å²) in [6, 6.07) is 6.37. The lowest BCUT2D eigenvalue weighted by Crippen LogP contribution is -2.42. The number of para-hydroxylation sites is 2. The molecule has 1 aromatic rings. The van der Waals surface area contributed by atoms with E-state index in [2.05, 4.69) is 0 Å². The lowest BCUT2D eigenvalue weighted by molar-refractivity contribution is -0.385. The van der Waals surface area contributed by atoms with Gasteiger partial charge < -0.3 is 14.4 Å². The third-order valence-corrected chi connectivity index (χ3v) is 3.80. The van der Waals surface area contributed by atoms with Gasteiger partial charge in [-0.05, 0) is 45.6 Å². The van der Waals surface area contributed by atoms with E-state index in [4.69, 9.17) is 9.47 Å². The average molecular weight is 336 g/mol. The summed E-state index contributed by atoms with van der Waals surface area (Å²) >= 11 is 0. The van der Waals surface area contributed by atoms with Crippen LogP contribution in [-0.4, -0.2) is 41.2 Å². The number of amides is 1. The summed E-state index contributed by atoms with van der Waals surface area (Å²) in [4.78, 5) is 24.2. The van der Waals surface area contributed by atoms with Crippen molar-refractivity contribution in [2.45, 2.75) is 39.2 Å². The molecule has 24 heavy (non-hydrogen) atoms. The molecule has 1 aliphatic heterocycles. The predicted molar refractivity (Wildman–Crippen MR) is 89.1 cm³/mol. The molecule has 1 aromatic carbocycles. The monoisotopic (exact) mass is 336 g/mol. The highest BCUT2D eigenvalue weighted by Gasteiger charge is 2.27. The zero-order chi connectivity index (χ0) is 17.7. The Labute approximate surface area is 141 Å². The Bertz CT molecular complexity index is 589. The van der Waals surface area contributed by atoms with E-state index in [1.54, 1.807) is 23.1 Å². The van der Waals surface area contributed by atoms with Crippen molar-refractivity contribution in [1.82, 2.24) is 4.90 Å². The number of nitro benzene ring substituents is 1. The summed E-state index contributed by atoms with van der Waals surface area (Å²) in [6.07, 6.45) is 1.29. The van der Waals surface area contributed by atoms with Crippen LogP contribution < -0.4 is 4.74 Å². The van der Waals surface area contributed by atoms with E-state index in [1.165, 1.54) is 6.07 Å². The molecule has 7 nitrogen and oxygen atoms in total. The maximum atomic E-state index is 12.0. The number of likely N-dealkylation sites (tertiary alicyclic amines) is 1. The van der Waals surface area contributed by atoms with Crippen molar-refractivity contribution in [2.75, 3.05) is 19.7 Å². The quantitative estimate of drug-likeness (QED) is 0.619. The summed E-state index contributed by atoms with van der Waals surface area (Å²) in [7, 11) is 0. The van der Waals surface area contributed by atoms with Gasteiger partial charge in [0.15, 0.2) is 5.75 Å². The molecule has 1 heterocycles. The highest BCUT2D eigenvalue weighted by molar-refractivity contribution is 5.68. The number of benzene rings is 1.